The number of thiophene rings is 2. The first kappa shape index (κ1) is 31.7. The molecule has 0 radical (unpaired) electrons. The minimum Gasteiger partial charge on any atom is -0.342 e. The molecule has 0 atom stereocenters. The summed E-state index contributed by atoms with van der Waals surface area (Å²) in [5.74, 6) is 1.78. The van der Waals surface area contributed by atoms with Gasteiger partial charge >= 0.3 is 0 Å². The molecule has 4 heterocycles. The van der Waals surface area contributed by atoms with Gasteiger partial charge in [0.05, 0.1) is 25.9 Å². The van der Waals surface area contributed by atoms with Crippen molar-refractivity contribution in [3.05, 3.63) is 120 Å². The lowest BCUT2D eigenvalue weighted by atomic mass is 9.74. The van der Waals surface area contributed by atoms with Gasteiger partial charge in [-0.05, 0) is 103 Å². The summed E-state index contributed by atoms with van der Waals surface area (Å²) in [6.07, 6.45) is 11.7. The molecular weight excluding hydrogens is 693 g/mol. The number of benzene rings is 6. The maximum absolute atomic E-state index is 2.63. The van der Waals surface area contributed by atoms with E-state index in [2.05, 4.69) is 126 Å². The van der Waals surface area contributed by atoms with Crippen LogP contribution in [0.5, 0.6) is 0 Å². The molecule has 4 aromatic heterocycles. The Morgan fingerprint density at radius 1 is 0.426 bits per heavy atom. The van der Waals surface area contributed by atoms with Crippen molar-refractivity contribution in [1.82, 2.24) is 9.13 Å². The zero-order valence-electron chi connectivity index (χ0n) is 31.1. The third kappa shape index (κ3) is 4.38. The maximum atomic E-state index is 2.63. The van der Waals surface area contributed by atoms with Crippen LogP contribution in [-0.4, -0.2) is 9.13 Å². The van der Waals surface area contributed by atoms with Crippen LogP contribution in [0.15, 0.2) is 103 Å². The molecule has 0 unspecified atom stereocenters. The summed E-state index contributed by atoms with van der Waals surface area (Å²) >= 11 is 3.99. The standard InChI is InChI=1S/C50H44N2S2/c1-51-41-20-9-6-15-33(41)39-27-38(45-35-17-8-11-22-43(35)54-50(45)47(39)51)31-25-23-30(24-26-31)32-18-12-19-36-44-37(29-13-4-3-5-14-29)28-40-34-16-7-10-21-42(34)53-49(40)48(44)52(2)46(32)36/h6-12,15-22,27-31H,3-5,13-14,23-26H2,1-2H3. The molecule has 2 saturated carbocycles. The van der Waals surface area contributed by atoms with Crippen molar-refractivity contribution in [2.45, 2.75) is 75.5 Å². The van der Waals surface area contributed by atoms with Crippen LogP contribution >= 0.6 is 22.7 Å². The molecule has 2 aliphatic rings. The Kier molecular flexibility index (Phi) is 7.00. The summed E-state index contributed by atoms with van der Waals surface area (Å²) in [6.45, 7) is 0. The molecule has 0 saturated heterocycles. The number of hydrogen-bond donors (Lipinski definition) is 0. The van der Waals surface area contributed by atoms with Crippen molar-refractivity contribution >= 4 is 107 Å². The highest BCUT2D eigenvalue weighted by Crippen LogP contribution is 2.52. The lowest BCUT2D eigenvalue weighted by Crippen LogP contribution is -2.13. The minimum absolute atomic E-state index is 0.563. The van der Waals surface area contributed by atoms with Gasteiger partial charge in [0.25, 0.3) is 0 Å². The molecular formula is C50H44N2S2. The molecule has 2 nitrogen and oxygen atoms in total. The number of aryl methyl sites for hydroxylation is 2. The first-order valence-electron chi connectivity index (χ1n) is 20.3. The zero-order chi connectivity index (χ0) is 35.7. The van der Waals surface area contributed by atoms with Gasteiger partial charge in [0.2, 0.25) is 0 Å². The average Bonchev–Trinajstić information content (AvgIpc) is 3.96. The van der Waals surface area contributed by atoms with E-state index in [1.807, 2.05) is 22.7 Å². The molecule has 2 fully saturated rings. The van der Waals surface area contributed by atoms with Gasteiger partial charge in [-0.25, -0.2) is 0 Å². The van der Waals surface area contributed by atoms with Gasteiger partial charge in [-0.1, -0.05) is 92.1 Å². The normalized spacial score (nSPS) is 18.9. The van der Waals surface area contributed by atoms with Crippen molar-refractivity contribution in [2.75, 3.05) is 0 Å². The molecule has 0 amide bonds. The van der Waals surface area contributed by atoms with E-state index >= 15 is 0 Å². The van der Waals surface area contributed by atoms with Crippen molar-refractivity contribution < 1.29 is 0 Å². The third-order valence-corrected chi connectivity index (χ3v) is 16.2. The van der Waals surface area contributed by atoms with Crippen molar-refractivity contribution in [3.8, 4) is 0 Å². The van der Waals surface area contributed by atoms with Crippen LogP contribution < -0.4 is 0 Å². The molecule has 0 bridgehead atoms. The average molecular weight is 737 g/mol. The van der Waals surface area contributed by atoms with Crippen LogP contribution in [0.3, 0.4) is 0 Å². The second-order valence-electron chi connectivity index (χ2n) is 16.6. The third-order valence-electron chi connectivity index (χ3n) is 13.9. The van der Waals surface area contributed by atoms with E-state index in [0.717, 1.165) is 0 Å². The summed E-state index contributed by atoms with van der Waals surface area (Å²) in [5, 5.41) is 11.7. The number of rotatable bonds is 3. The van der Waals surface area contributed by atoms with Gasteiger partial charge < -0.3 is 9.13 Å². The highest BCUT2D eigenvalue weighted by atomic mass is 32.1. The largest absolute Gasteiger partial charge is 0.342 e. The number of nitrogens with zero attached hydrogens (tertiary/aromatic N) is 2. The van der Waals surface area contributed by atoms with Crippen LogP contribution in [0.25, 0.3) is 84.0 Å². The highest BCUT2D eigenvalue weighted by molar-refractivity contribution is 7.27. The van der Waals surface area contributed by atoms with E-state index < -0.39 is 0 Å². The SMILES string of the molecule is Cn1c2ccccc2c2cc(C3CCC(c4cccc5c6c(C7CCCCC7)cc7c8ccccc8sc7c6n(C)c45)CC3)c3c4ccccc4sc3c21. The van der Waals surface area contributed by atoms with E-state index in [1.54, 1.807) is 22.1 Å². The number of fused-ring (bicyclic) bond motifs is 14. The Morgan fingerprint density at radius 2 is 1.02 bits per heavy atom. The summed E-state index contributed by atoms with van der Waals surface area (Å²) in [5.41, 5.74) is 10.5. The van der Waals surface area contributed by atoms with Crippen LogP contribution in [0.1, 0.15) is 92.2 Å². The van der Waals surface area contributed by atoms with Gasteiger partial charge in [0.1, 0.15) is 0 Å². The van der Waals surface area contributed by atoms with Gasteiger partial charge in [-0.15, -0.1) is 22.7 Å². The van der Waals surface area contributed by atoms with Crippen LogP contribution in [-0.2, 0) is 14.1 Å². The molecule has 0 aliphatic heterocycles. The Morgan fingerprint density at radius 3 is 1.81 bits per heavy atom. The molecule has 4 heteroatoms. The minimum atomic E-state index is 0.563. The molecule has 12 rings (SSSR count). The monoisotopic (exact) mass is 736 g/mol. The fourth-order valence-corrected chi connectivity index (χ4v) is 14.0. The number of para-hydroxylation sites is 2. The van der Waals surface area contributed by atoms with Gasteiger partial charge in [-0.2, -0.15) is 0 Å². The first-order valence-corrected chi connectivity index (χ1v) is 21.9. The Balaban J connectivity index is 0.998. The number of hydrogen-bond acceptors (Lipinski definition) is 2. The summed E-state index contributed by atoms with van der Waals surface area (Å²) < 4.78 is 10.8. The molecule has 10 aromatic rings. The molecule has 266 valence electrons. The van der Waals surface area contributed by atoms with Gasteiger partial charge in [-0.3, -0.25) is 0 Å². The van der Waals surface area contributed by atoms with Crippen LogP contribution in [0.4, 0.5) is 0 Å². The Hall–Kier alpha value is -4.64. The Bertz CT molecular complexity index is 3130. The van der Waals surface area contributed by atoms with Crippen LogP contribution in [0, 0.1) is 0 Å². The predicted molar refractivity (Wildman–Crippen MR) is 236 cm³/mol. The highest BCUT2D eigenvalue weighted by Gasteiger charge is 2.31. The van der Waals surface area contributed by atoms with Crippen molar-refractivity contribution in [2.24, 2.45) is 14.1 Å². The van der Waals surface area contributed by atoms with E-state index in [0.29, 0.717) is 17.8 Å². The topological polar surface area (TPSA) is 9.86 Å². The van der Waals surface area contributed by atoms with Gasteiger partial charge in [0, 0.05) is 72.1 Å². The van der Waals surface area contributed by atoms with E-state index in [9.17, 15) is 0 Å². The second kappa shape index (κ2) is 11.9. The Labute approximate surface area is 323 Å². The zero-order valence-corrected chi connectivity index (χ0v) is 32.8. The molecule has 2 aliphatic carbocycles. The second-order valence-corrected chi connectivity index (χ2v) is 18.7. The van der Waals surface area contributed by atoms with Crippen LogP contribution in [0.2, 0.25) is 0 Å². The van der Waals surface area contributed by atoms with E-state index in [-0.39, 0.29) is 0 Å². The van der Waals surface area contributed by atoms with E-state index in [4.69, 9.17) is 0 Å². The molecule has 6 aromatic carbocycles. The van der Waals surface area contributed by atoms with Crippen molar-refractivity contribution in [1.29, 1.82) is 0 Å². The smallest absolute Gasteiger partial charge is 0.0673 e. The summed E-state index contributed by atoms with van der Waals surface area (Å²) in [6, 6.07) is 39.8. The van der Waals surface area contributed by atoms with Crippen molar-refractivity contribution in [3.63, 3.8) is 0 Å². The lowest BCUT2D eigenvalue weighted by molar-refractivity contribution is 0.399. The first-order chi connectivity index (χ1) is 26.6. The molecule has 0 N–H and O–H groups in total. The maximum Gasteiger partial charge on any atom is 0.0673 e. The number of aromatic nitrogens is 2. The van der Waals surface area contributed by atoms with E-state index in [1.165, 1.54) is 136 Å². The fourth-order valence-electron chi connectivity index (χ4n) is 11.4. The fraction of sp³-hybridized carbons (Fsp3) is 0.280. The quantitative estimate of drug-likeness (QED) is 0.171. The molecule has 0 spiro atoms. The summed E-state index contributed by atoms with van der Waals surface area (Å²) in [7, 11) is 4.64. The molecule has 54 heavy (non-hydrogen) atoms. The predicted octanol–water partition coefficient (Wildman–Crippen LogP) is 15.2. The summed E-state index contributed by atoms with van der Waals surface area (Å²) in [4.78, 5) is 0. The lowest BCUT2D eigenvalue weighted by Gasteiger charge is -2.30. The van der Waals surface area contributed by atoms with Gasteiger partial charge in [0.15, 0.2) is 0 Å².